The largest absolute Gasteiger partial charge is 0.393 e. The number of piperidine rings is 1. The number of nitrogens with zero attached hydrogens (tertiary/aromatic N) is 5. The second kappa shape index (κ2) is 13.3. The summed E-state index contributed by atoms with van der Waals surface area (Å²) in [5, 5.41) is 19.1. The number of rotatable bonds is 11. The molecule has 5 rings (SSSR count). The van der Waals surface area contributed by atoms with Gasteiger partial charge < -0.3 is 15.3 Å². The lowest BCUT2D eigenvalue weighted by atomic mass is 9.93. The smallest absolute Gasteiger partial charge is 0.240 e. The molecule has 3 N–H and O–H groups in total. The average Bonchev–Trinajstić information content (AvgIpc) is 3.37. The SMILES string of the molecule is CCCCNc1ncc2c(-c3ccc(S(=O)(=O)NCCC(=O)N4CCCCC4)cc3)nn(C3CCC(O)CC3)c2n1. The number of aromatic nitrogens is 4. The average molecular weight is 584 g/mol. The zero-order valence-electron chi connectivity index (χ0n) is 23.8. The van der Waals surface area contributed by atoms with Gasteiger partial charge in [-0.05, 0) is 63.5 Å². The molecule has 2 aromatic heterocycles. The van der Waals surface area contributed by atoms with E-state index in [2.05, 4.69) is 21.9 Å². The molecule has 11 nitrogen and oxygen atoms in total. The summed E-state index contributed by atoms with van der Waals surface area (Å²) in [5.74, 6) is 0.546. The highest BCUT2D eigenvalue weighted by molar-refractivity contribution is 7.89. The molecule has 3 heterocycles. The van der Waals surface area contributed by atoms with Crippen LogP contribution in [0.5, 0.6) is 0 Å². The highest BCUT2D eigenvalue weighted by atomic mass is 32.2. The number of carbonyl (C=O) groups is 1. The molecule has 2 fully saturated rings. The van der Waals surface area contributed by atoms with Gasteiger partial charge in [0.05, 0.1) is 22.4 Å². The Bertz CT molecular complexity index is 1430. The summed E-state index contributed by atoms with van der Waals surface area (Å²) in [7, 11) is -3.77. The number of aliphatic hydroxyl groups is 1. The van der Waals surface area contributed by atoms with Crippen LogP contribution >= 0.6 is 0 Å². The Hall–Kier alpha value is -3.09. The van der Waals surface area contributed by atoms with E-state index in [1.165, 1.54) is 0 Å². The van der Waals surface area contributed by atoms with Gasteiger partial charge in [-0.15, -0.1) is 0 Å². The lowest BCUT2D eigenvalue weighted by Crippen LogP contribution is -2.37. The molecule has 0 spiro atoms. The summed E-state index contributed by atoms with van der Waals surface area (Å²) < 4.78 is 30.4. The van der Waals surface area contributed by atoms with Crippen LogP contribution in [-0.4, -0.2) is 76.4 Å². The maximum Gasteiger partial charge on any atom is 0.240 e. The van der Waals surface area contributed by atoms with Crippen molar-refractivity contribution in [2.75, 3.05) is 31.5 Å². The minimum absolute atomic E-state index is 0.0105. The zero-order chi connectivity index (χ0) is 28.8. The predicted octanol–water partition coefficient (Wildman–Crippen LogP) is 3.86. The number of amides is 1. The number of fused-ring (bicyclic) bond motifs is 1. The molecule has 0 radical (unpaired) electrons. The molecule has 12 heteroatoms. The van der Waals surface area contributed by atoms with Crippen molar-refractivity contribution in [3.8, 4) is 11.3 Å². The number of hydrogen-bond acceptors (Lipinski definition) is 8. The van der Waals surface area contributed by atoms with Gasteiger partial charge in [-0.3, -0.25) is 4.79 Å². The first-order valence-electron chi connectivity index (χ1n) is 14.9. The third kappa shape index (κ3) is 7.04. The number of sulfonamides is 1. The van der Waals surface area contributed by atoms with Crippen LogP contribution in [0.1, 0.15) is 77.2 Å². The minimum Gasteiger partial charge on any atom is -0.393 e. The van der Waals surface area contributed by atoms with E-state index in [0.29, 0.717) is 11.6 Å². The zero-order valence-corrected chi connectivity index (χ0v) is 24.6. The molecule has 2 aliphatic rings. The Balaban J connectivity index is 1.34. The van der Waals surface area contributed by atoms with Crippen LogP contribution in [-0.2, 0) is 14.8 Å². The van der Waals surface area contributed by atoms with Crippen molar-refractivity contribution in [1.29, 1.82) is 0 Å². The van der Waals surface area contributed by atoms with Crippen LogP contribution in [0.15, 0.2) is 35.4 Å². The number of unbranched alkanes of at least 4 members (excludes halogenated alkanes) is 1. The van der Waals surface area contributed by atoms with Gasteiger partial charge in [-0.2, -0.15) is 10.1 Å². The maximum atomic E-state index is 12.9. The summed E-state index contributed by atoms with van der Waals surface area (Å²) >= 11 is 0. The first kappa shape index (κ1) is 29.4. The summed E-state index contributed by atoms with van der Waals surface area (Å²) in [6.07, 6.45) is 9.93. The van der Waals surface area contributed by atoms with Crippen molar-refractivity contribution < 1.29 is 18.3 Å². The van der Waals surface area contributed by atoms with E-state index in [9.17, 15) is 18.3 Å². The summed E-state index contributed by atoms with van der Waals surface area (Å²) in [6, 6.07) is 6.74. The number of hydrogen-bond donors (Lipinski definition) is 3. The molecule has 0 bridgehead atoms. The molecule has 0 atom stereocenters. The van der Waals surface area contributed by atoms with Crippen LogP contribution in [0.4, 0.5) is 5.95 Å². The van der Waals surface area contributed by atoms with Crippen molar-refractivity contribution in [1.82, 2.24) is 29.4 Å². The van der Waals surface area contributed by atoms with Gasteiger partial charge in [0.15, 0.2) is 5.65 Å². The van der Waals surface area contributed by atoms with E-state index >= 15 is 0 Å². The quantitative estimate of drug-likeness (QED) is 0.289. The van der Waals surface area contributed by atoms with Crippen LogP contribution in [0.3, 0.4) is 0 Å². The molecule has 41 heavy (non-hydrogen) atoms. The number of carbonyl (C=O) groups excluding carboxylic acids is 1. The van der Waals surface area contributed by atoms with E-state index in [4.69, 9.17) is 10.1 Å². The Labute approximate surface area is 241 Å². The van der Waals surface area contributed by atoms with Crippen LogP contribution in [0.25, 0.3) is 22.3 Å². The molecular weight excluding hydrogens is 542 g/mol. The molecule has 0 unspecified atom stereocenters. The van der Waals surface area contributed by atoms with Crippen molar-refractivity contribution in [3.05, 3.63) is 30.5 Å². The number of aliphatic hydroxyl groups excluding tert-OH is 1. The Morgan fingerprint density at radius 2 is 1.78 bits per heavy atom. The van der Waals surface area contributed by atoms with Gasteiger partial charge in [0.2, 0.25) is 21.9 Å². The van der Waals surface area contributed by atoms with Crippen LogP contribution < -0.4 is 10.0 Å². The van der Waals surface area contributed by atoms with E-state index in [1.807, 2.05) is 9.58 Å². The fourth-order valence-electron chi connectivity index (χ4n) is 5.63. The van der Waals surface area contributed by atoms with E-state index in [-0.39, 0.29) is 35.9 Å². The molecule has 1 saturated heterocycles. The van der Waals surface area contributed by atoms with Crippen molar-refractivity contribution >= 4 is 32.9 Å². The third-order valence-corrected chi connectivity index (χ3v) is 9.53. The molecule has 1 aliphatic heterocycles. The highest BCUT2D eigenvalue weighted by Crippen LogP contribution is 2.34. The normalized spacial score (nSPS) is 19.9. The summed E-state index contributed by atoms with van der Waals surface area (Å²) in [6.45, 7) is 4.49. The first-order chi connectivity index (χ1) is 19.9. The Morgan fingerprint density at radius 1 is 1.05 bits per heavy atom. The number of benzene rings is 1. The monoisotopic (exact) mass is 583 g/mol. The van der Waals surface area contributed by atoms with Crippen LogP contribution in [0.2, 0.25) is 0 Å². The topological polar surface area (TPSA) is 142 Å². The molecule has 1 aromatic carbocycles. The Morgan fingerprint density at radius 3 is 2.49 bits per heavy atom. The minimum atomic E-state index is -3.77. The lowest BCUT2D eigenvalue weighted by molar-refractivity contribution is -0.131. The molecular formula is C29H41N7O4S. The fraction of sp³-hybridized carbons (Fsp3) is 0.586. The van der Waals surface area contributed by atoms with Gasteiger partial charge in [-0.1, -0.05) is 25.5 Å². The molecule has 1 aliphatic carbocycles. The molecule has 1 amide bonds. The lowest BCUT2D eigenvalue weighted by Gasteiger charge is -2.26. The van der Waals surface area contributed by atoms with Gasteiger partial charge in [0.1, 0.15) is 5.69 Å². The summed E-state index contributed by atoms with van der Waals surface area (Å²) in [4.78, 5) is 23.7. The van der Waals surface area contributed by atoms with Gasteiger partial charge in [-0.25, -0.2) is 22.8 Å². The predicted molar refractivity (Wildman–Crippen MR) is 158 cm³/mol. The standard InChI is InChI=1S/C29H41N7O4S/c1-2-3-16-30-29-31-20-25-27(34-36(28(25)33-29)22-9-11-23(37)12-10-22)21-7-13-24(14-8-21)41(39,40)32-17-15-26(38)35-18-5-4-6-19-35/h7-8,13-14,20,22-23,32,37H,2-6,9-12,15-19H2,1H3,(H,30,31,33). The maximum absolute atomic E-state index is 12.9. The molecule has 222 valence electrons. The second-order valence-corrected chi connectivity index (χ2v) is 12.8. The van der Waals surface area contributed by atoms with Crippen molar-refractivity contribution in [2.24, 2.45) is 0 Å². The van der Waals surface area contributed by atoms with Crippen molar-refractivity contribution in [2.45, 2.75) is 88.2 Å². The molecule has 1 saturated carbocycles. The fourth-order valence-corrected chi connectivity index (χ4v) is 6.66. The second-order valence-electron chi connectivity index (χ2n) is 11.1. The van der Waals surface area contributed by atoms with Gasteiger partial charge >= 0.3 is 0 Å². The third-order valence-electron chi connectivity index (χ3n) is 8.05. The number of likely N-dealkylation sites (tertiary alicyclic amines) is 1. The van der Waals surface area contributed by atoms with Crippen LogP contribution in [0, 0.1) is 0 Å². The summed E-state index contributed by atoms with van der Waals surface area (Å²) in [5.41, 5.74) is 2.18. The van der Waals surface area contributed by atoms with E-state index < -0.39 is 10.0 Å². The molecule has 3 aromatic rings. The number of nitrogens with one attached hydrogen (secondary N) is 2. The van der Waals surface area contributed by atoms with E-state index in [1.54, 1.807) is 30.5 Å². The first-order valence-corrected chi connectivity index (χ1v) is 16.4. The van der Waals surface area contributed by atoms with Gasteiger partial charge in [0.25, 0.3) is 0 Å². The highest BCUT2D eigenvalue weighted by Gasteiger charge is 2.26. The van der Waals surface area contributed by atoms with Crippen molar-refractivity contribution in [3.63, 3.8) is 0 Å². The van der Waals surface area contributed by atoms with E-state index in [0.717, 1.165) is 94.0 Å². The Kier molecular flexibility index (Phi) is 9.51. The van der Waals surface area contributed by atoms with Gasteiger partial charge in [0, 0.05) is 44.4 Å². The number of anilines is 1.